The zero-order valence-electron chi connectivity index (χ0n) is 10.3. The first-order valence-electron chi connectivity index (χ1n) is 6.02. The van der Waals surface area contributed by atoms with E-state index in [1.807, 2.05) is 20.8 Å². The van der Waals surface area contributed by atoms with Crippen LogP contribution in [0.2, 0.25) is 0 Å². The van der Waals surface area contributed by atoms with E-state index < -0.39 is 5.60 Å². The molecule has 2 fully saturated rings. The molecule has 4 heteroatoms. The summed E-state index contributed by atoms with van der Waals surface area (Å²) in [5, 5.41) is 2.93. The van der Waals surface area contributed by atoms with Crippen LogP contribution < -0.4 is 5.32 Å². The van der Waals surface area contributed by atoms with Crippen molar-refractivity contribution in [2.24, 2.45) is 0 Å². The Morgan fingerprint density at radius 3 is 2.75 bits per heavy atom. The number of carbonyl (C=O) groups is 1. The number of ether oxygens (including phenoxy) is 2. The van der Waals surface area contributed by atoms with Gasteiger partial charge < -0.3 is 14.8 Å². The van der Waals surface area contributed by atoms with E-state index in [1.54, 1.807) is 0 Å². The van der Waals surface area contributed by atoms with Crippen molar-refractivity contribution in [2.75, 3.05) is 6.61 Å². The second-order valence-corrected chi connectivity index (χ2v) is 5.91. The van der Waals surface area contributed by atoms with Gasteiger partial charge in [0.05, 0.1) is 12.2 Å². The Morgan fingerprint density at radius 1 is 1.50 bits per heavy atom. The SMILES string of the molecule is CC(C)(C)OC(=O)N[C@@H]1CCCC2(CO2)C1. The quantitative estimate of drug-likeness (QED) is 0.699. The zero-order chi connectivity index (χ0) is 11.8. The molecule has 0 bridgehead atoms. The predicted molar refractivity (Wildman–Crippen MR) is 60.3 cm³/mol. The Morgan fingerprint density at radius 2 is 2.19 bits per heavy atom. The molecule has 0 aromatic rings. The van der Waals surface area contributed by atoms with Gasteiger partial charge in [0.25, 0.3) is 0 Å². The highest BCUT2D eigenvalue weighted by Gasteiger charge is 2.48. The highest BCUT2D eigenvalue weighted by atomic mass is 16.6. The maximum atomic E-state index is 11.6. The van der Waals surface area contributed by atoms with E-state index in [4.69, 9.17) is 9.47 Å². The molecule has 0 aromatic carbocycles. The normalized spacial score (nSPS) is 33.6. The number of alkyl carbamates (subject to hydrolysis) is 1. The van der Waals surface area contributed by atoms with Gasteiger partial charge in [0.1, 0.15) is 5.60 Å². The van der Waals surface area contributed by atoms with Crippen LogP contribution >= 0.6 is 0 Å². The van der Waals surface area contributed by atoms with Gasteiger partial charge in [-0.3, -0.25) is 0 Å². The summed E-state index contributed by atoms with van der Waals surface area (Å²) in [5.74, 6) is 0. The van der Waals surface area contributed by atoms with Crippen molar-refractivity contribution in [1.29, 1.82) is 0 Å². The van der Waals surface area contributed by atoms with E-state index in [-0.39, 0.29) is 17.7 Å². The minimum Gasteiger partial charge on any atom is -0.444 e. The van der Waals surface area contributed by atoms with Crippen LogP contribution in [0.1, 0.15) is 46.5 Å². The number of rotatable bonds is 1. The first-order valence-corrected chi connectivity index (χ1v) is 6.02. The average molecular weight is 227 g/mol. The highest BCUT2D eigenvalue weighted by Crippen LogP contribution is 2.41. The number of epoxide rings is 1. The molecule has 1 N–H and O–H groups in total. The van der Waals surface area contributed by atoms with Crippen molar-refractivity contribution in [3.63, 3.8) is 0 Å². The monoisotopic (exact) mass is 227 g/mol. The maximum Gasteiger partial charge on any atom is 0.407 e. The van der Waals surface area contributed by atoms with Gasteiger partial charge in [-0.2, -0.15) is 0 Å². The van der Waals surface area contributed by atoms with Crippen LogP contribution in [-0.4, -0.2) is 29.9 Å². The molecular formula is C12H21NO3. The molecule has 2 rings (SSSR count). The molecule has 1 amide bonds. The third-order valence-electron chi connectivity index (χ3n) is 3.08. The van der Waals surface area contributed by atoms with E-state index in [0.717, 1.165) is 32.3 Å². The maximum absolute atomic E-state index is 11.6. The minimum absolute atomic E-state index is 0.0952. The van der Waals surface area contributed by atoms with Crippen molar-refractivity contribution in [3.8, 4) is 0 Å². The van der Waals surface area contributed by atoms with E-state index >= 15 is 0 Å². The molecule has 1 heterocycles. The van der Waals surface area contributed by atoms with E-state index in [9.17, 15) is 4.79 Å². The fraction of sp³-hybridized carbons (Fsp3) is 0.917. The Kier molecular flexibility index (Phi) is 2.86. The van der Waals surface area contributed by atoms with Crippen LogP contribution in [0.25, 0.3) is 0 Å². The first kappa shape index (κ1) is 11.7. The second-order valence-electron chi connectivity index (χ2n) is 5.91. The lowest BCUT2D eigenvalue weighted by Gasteiger charge is -2.28. The molecule has 1 aliphatic carbocycles. The lowest BCUT2D eigenvalue weighted by atomic mass is 9.86. The van der Waals surface area contributed by atoms with Gasteiger partial charge in [0, 0.05) is 6.04 Å². The molecule has 1 saturated heterocycles. The molecule has 2 aliphatic rings. The van der Waals surface area contributed by atoms with Crippen molar-refractivity contribution in [3.05, 3.63) is 0 Å². The van der Waals surface area contributed by atoms with Crippen LogP contribution in [0.15, 0.2) is 0 Å². The Bertz CT molecular complexity index is 278. The van der Waals surface area contributed by atoms with Crippen LogP contribution in [0.5, 0.6) is 0 Å². The first-order chi connectivity index (χ1) is 7.39. The summed E-state index contributed by atoms with van der Waals surface area (Å²) in [4.78, 5) is 11.6. The fourth-order valence-corrected chi connectivity index (χ4v) is 2.29. The van der Waals surface area contributed by atoms with Gasteiger partial charge in [0.15, 0.2) is 0 Å². The van der Waals surface area contributed by atoms with Gasteiger partial charge in [0.2, 0.25) is 0 Å². The molecule has 1 unspecified atom stereocenters. The molecule has 1 saturated carbocycles. The van der Waals surface area contributed by atoms with Crippen LogP contribution in [-0.2, 0) is 9.47 Å². The van der Waals surface area contributed by atoms with E-state index in [2.05, 4.69) is 5.32 Å². The lowest BCUT2D eigenvalue weighted by Crippen LogP contribution is -2.43. The third kappa shape index (κ3) is 3.11. The van der Waals surface area contributed by atoms with Crippen molar-refractivity contribution in [1.82, 2.24) is 5.32 Å². The lowest BCUT2D eigenvalue weighted by molar-refractivity contribution is 0.0479. The number of hydrogen-bond acceptors (Lipinski definition) is 3. The predicted octanol–water partition coefficient (Wildman–Crippen LogP) is 2.22. The van der Waals surface area contributed by atoms with Crippen molar-refractivity contribution in [2.45, 2.75) is 63.7 Å². The fourth-order valence-electron chi connectivity index (χ4n) is 2.29. The van der Waals surface area contributed by atoms with E-state index in [0.29, 0.717) is 0 Å². The molecule has 0 radical (unpaired) electrons. The van der Waals surface area contributed by atoms with Crippen molar-refractivity contribution >= 4 is 6.09 Å². The molecule has 16 heavy (non-hydrogen) atoms. The number of amides is 1. The van der Waals surface area contributed by atoms with Gasteiger partial charge in [-0.25, -0.2) is 4.79 Å². The van der Waals surface area contributed by atoms with Crippen molar-refractivity contribution < 1.29 is 14.3 Å². The van der Waals surface area contributed by atoms with Crippen LogP contribution in [0.4, 0.5) is 4.79 Å². The van der Waals surface area contributed by atoms with Crippen LogP contribution in [0, 0.1) is 0 Å². The molecule has 2 atom stereocenters. The molecule has 92 valence electrons. The minimum atomic E-state index is -0.424. The molecule has 4 nitrogen and oxygen atoms in total. The molecule has 1 aliphatic heterocycles. The number of hydrogen-bond donors (Lipinski definition) is 1. The number of carbonyl (C=O) groups excluding carboxylic acids is 1. The molecular weight excluding hydrogens is 206 g/mol. The average Bonchev–Trinajstić information content (AvgIpc) is 2.81. The third-order valence-corrected chi connectivity index (χ3v) is 3.08. The summed E-state index contributed by atoms with van der Waals surface area (Å²) >= 11 is 0. The summed E-state index contributed by atoms with van der Waals surface area (Å²) in [5.41, 5.74) is -0.329. The smallest absolute Gasteiger partial charge is 0.407 e. The zero-order valence-corrected chi connectivity index (χ0v) is 10.3. The number of nitrogens with one attached hydrogen (secondary N) is 1. The van der Waals surface area contributed by atoms with Gasteiger partial charge >= 0.3 is 6.09 Å². The molecule has 1 spiro atoms. The molecule has 0 aromatic heterocycles. The van der Waals surface area contributed by atoms with E-state index in [1.165, 1.54) is 0 Å². The largest absolute Gasteiger partial charge is 0.444 e. The standard InChI is InChI=1S/C12H21NO3/c1-11(2,3)16-10(14)13-9-5-4-6-12(7-9)8-15-12/h9H,4-8H2,1-3H3,(H,13,14)/t9-,12?/m1/s1. The summed E-state index contributed by atoms with van der Waals surface area (Å²) < 4.78 is 10.7. The van der Waals surface area contributed by atoms with Gasteiger partial charge in [-0.1, -0.05) is 0 Å². The Balaban J connectivity index is 1.78. The highest BCUT2D eigenvalue weighted by molar-refractivity contribution is 5.68. The topological polar surface area (TPSA) is 50.9 Å². The van der Waals surface area contributed by atoms with Crippen LogP contribution in [0.3, 0.4) is 0 Å². The summed E-state index contributed by atoms with van der Waals surface area (Å²) in [6.07, 6.45) is 3.92. The summed E-state index contributed by atoms with van der Waals surface area (Å²) in [6.45, 7) is 6.48. The summed E-state index contributed by atoms with van der Waals surface area (Å²) in [6, 6.07) is 0.214. The van der Waals surface area contributed by atoms with Gasteiger partial charge in [-0.15, -0.1) is 0 Å². The van der Waals surface area contributed by atoms with Gasteiger partial charge in [-0.05, 0) is 46.5 Å². The summed E-state index contributed by atoms with van der Waals surface area (Å²) in [7, 11) is 0. The Labute approximate surface area is 96.7 Å². The Hall–Kier alpha value is -0.770. The second kappa shape index (κ2) is 3.91.